The van der Waals surface area contributed by atoms with Crippen LogP contribution in [0.25, 0.3) is 0 Å². The second-order valence-electron chi connectivity index (χ2n) is 5.87. The first-order chi connectivity index (χ1) is 11.7. The number of amides is 1. The molecule has 4 rings (SSSR count). The normalized spacial score (nSPS) is 20.5. The Morgan fingerprint density at radius 1 is 1.25 bits per heavy atom. The molecule has 3 aromatic rings. The van der Waals surface area contributed by atoms with Crippen LogP contribution in [0.5, 0.6) is 0 Å². The molecule has 122 valence electrons. The molecule has 0 spiro atoms. The van der Waals surface area contributed by atoms with Gasteiger partial charge in [-0.05, 0) is 12.5 Å². The van der Waals surface area contributed by atoms with Gasteiger partial charge in [0.25, 0.3) is 5.91 Å². The topological polar surface area (TPSA) is 72.1 Å². The third kappa shape index (κ3) is 2.71. The summed E-state index contributed by atoms with van der Waals surface area (Å²) in [5, 5.41) is 6.72. The Morgan fingerprint density at radius 3 is 2.71 bits per heavy atom. The number of thiazole rings is 1. The Kier molecular flexibility index (Phi) is 3.86. The van der Waals surface area contributed by atoms with Crippen LogP contribution in [-0.2, 0) is 0 Å². The van der Waals surface area contributed by atoms with Crippen molar-refractivity contribution < 1.29 is 9.32 Å². The van der Waals surface area contributed by atoms with Gasteiger partial charge in [-0.2, -0.15) is 4.98 Å². The summed E-state index contributed by atoms with van der Waals surface area (Å²) in [5.74, 6) is 0.780. The van der Waals surface area contributed by atoms with Crippen molar-refractivity contribution in [3.05, 3.63) is 64.2 Å². The second kappa shape index (κ2) is 6.16. The number of carbonyl (C=O) groups is 1. The van der Waals surface area contributed by atoms with Gasteiger partial charge in [0.15, 0.2) is 5.82 Å². The van der Waals surface area contributed by atoms with Crippen molar-refractivity contribution in [3.8, 4) is 0 Å². The van der Waals surface area contributed by atoms with Gasteiger partial charge in [0.1, 0.15) is 5.69 Å². The standard InChI is InChI=1S/C17H16N4O2S/c1-11-19-15(9-24-11)17(22)21-7-13(12-5-3-2-4-6-12)14(8-21)16-18-10-23-20-16/h2-6,9-10,13-14H,7-8H2,1H3/t13-,14+/m1/s1. The van der Waals surface area contributed by atoms with E-state index in [2.05, 4.69) is 27.3 Å². The van der Waals surface area contributed by atoms with E-state index in [-0.39, 0.29) is 17.7 Å². The Labute approximate surface area is 143 Å². The summed E-state index contributed by atoms with van der Waals surface area (Å²) in [5.41, 5.74) is 1.69. The van der Waals surface area contributed by atoms with Crippen molar-refractivity contribution in [2.24, 2.45) is 0 Å². The molecule has 3 heterocycles. The van der Waals surface area contributed by atoms with E-state index < -0.39 is 0 Å². The van der Waals surface area contributed by atoms with Crippen molar-refractivity contribution in [3.63, 3.8) is 0 Å². The Balaban J connectivity index is 1.64. The highest BCUT2D eigenvalue weighted by atomic mass is 32.1. The first kappa shape index (κ1) is 15.0. The quantitative estimate of drug-likeness (QED) is 0.733. The summed E-state index contributed by atoms with van der Waals surface area (Å²) < 4.78 is 4.92. The van der Waals surface area contributed by atoms with Gasteiger partial charge < -0.3 is 9.42 Å². The highest BCUT2D eigenvalue weighted by Crippen LogP contribution is 2.38. The maximum Gasteiger partial charge on any atom is 0.273 e. The van der Waals surface area contributed by atoms with Crippen LogP contribution in [0, 0.1) is 6.92 Å². The van der Waals surface area contributed by atoms with Gasteiger partial charge in [0.2, 0.25) is 6.39 Å². The zero-order chi connectivity index (χ0) is 16.5. The van der Waals surface area contributed by atoms with Gasteiger partial charge in [0.05, 0.1) is 5.01 Å². The number of aryl methyl sites for hydroxylation is 1. The minimum atomic E-state index is -0.0359. The second-order valence-corrected chi connectivity index (χ2v) is 6.94. The fourth-order valence-corrected chi connectivity index (χ4v) is 3.82. The molecule has 1 saturated heterocycles. The van der Waals surface area contributed by atoms with Crippen LogP contribution in [0.1, 0.15) is 38.7 Å². The van der Waals surface area contributed by atoms with Crippen molar-refractivity contribution >= 4 is 17.2 Å². The number of nitrogens with zero attached hydrogens (tertiary/aromatic N) is 4. The van der Waals surface area contributed by atoms with E-state index in [1.807, 2.05) is 35.4 Å². The van der Waals surface area contributed by atoms with E-state index in [1.54, 1.807) is 0 Å². The number of rotatable bonds is 3. The first-order valence-electron chi connectivity index (χ1n) is 7.75. The molecule has 2 aromatic heterocycles. The number of carbonyl (C=O) groups excluding carboxylic acids is 1. The van der Waals surface area contributed by atoms with Crippen molar-refractivity contribution in [1.82, 2.24) is 20.0 Å². The summed E-state index contributed by atoms with van der Waals surface area (Å²) in [4.78, 5) is 23.1. The predicted octanol–water partition coefficient (Wildman–Crippen LogP) is 2.86. The average Bonchev–Trinajstić information content (AvgIpc) is 3.35. The fourth-order valence-electron chi connectivity index (χ4n) is 3.24. The molecule has 0 N–H and O–H groups in total. The first-order valence-corrected chi connectivity index (χ1v) is 8.63. The van der Waals surface area contributed by atoms with Gasteiger partial charge in [0, 0.05) is 30.3 Å². The summed E-state index contributed by atoms with van der Waals surface area (Å²) in [7, 11) is 0. The molecule has 0 saturated carbocycles. The van der Waals surface area contributed by atoms with Crippen LogP contribution in [-0.4, -0.2) is 39.0 Å². The average molecular weight is 340 g/mol. The summed E-state index contributed by atoms with van der Waals surface area (Å²) in [6, 6.07) is 10.2. The zero-order valence-corrected chi connectivity index (χ0v) is 13.9. The molecule has 7 heteroatoms. The Hall–Kier alpha value is -2.54. The molecule has 0 radical (unpaired) electrons. The molecule has 1 aromatic carbocycles. The smallest absolute Gasteiger partial charge is 0.273 e. The molecule has 1 fully saturated rings. The van der Waals surface area contributed by atoms with Gasteiger partial charge in [-0.25, -0.2) is 4.98 Å². The van der Waals surface area contributed by atoms with Crippen LogP contribution in [0.4, 0.5) is 0 Å². The van der Waals surface area contributed by atoms with Crippen LogP contribution >= 0.6 is 11.3 Å². The number of hydrogen-bond donors (Lipinski definition) is 0. The summed E-state index contributed by atoms with van der Waals surface area (Å²) in [6.07, 6.45) is 1.34. The van der Waals surface area contributed by atoms with Crippen molar-refractivity contribution in [2.45, 2.75) is 18.8 Å². The third-order valence-electron chi connectivity index (χ3n) is 4.38. The molecule has 0 bridgehead atoms. The van der Waals surface area contributed by atoms with Crippen LogP contribution in [0.3, 0.4) is 0 Å². The molecule has 1 aliphatic heterocycles. The van der Waals surface area contributed by atoms with Gasteiger partial charge in [-0.3, -0.25) is 4.79 Å². The van der Waals surface area contributed by atoms with E-state index >= 15 is 0 Å². The number of benzene rings is 1. The molecule has 0 unspecified atom stereocenters. The highest BCUT2D eigenvalue weighted by molar-refractivity contribution is 7.09. The molecule has 1 amide bonds. The summed E-state index contributed by atoms with van der Waals surface area (Å²) in [6.45, 7) is 3.09. The Morgan fingerprint density at radius 2 is 2.04 bits per heavy atom. The highest BCUT2D eigenvalue weighted by Gasteiger charge is 2.39. The number of likely N-dealkylation sites (tertiary alicyclic amines) is 1. The SMILES string of the molecule is Cc1nc(C(=O)N2C[C@H](c3ccccc3)[C@@H](c3ncon3)C2)cs1. The number of aromatic nitrogens is 3. The molecule has 0 aliphatic carbocycles. The fraction of sp³-hybridized carbons (Fsp3) is 0.294. The molecular weight excluding hydrogens is 324 g/mol. The van der Waals surface area contributed by atoms with E-state index in [4.69, 9.17) is 4.52 Å². The lowest BCUT2D eigenvalue weighted by atomic mass is 9.88. The minimum absolute atomic E-state index is 0.0230. The van der Waals surface area contributed by atoms with Crippen molar-refractivity contribution in [1.29, 1.82) is 0 Å². The predicted molar refractivity (Wildman–Crippen MR) is 89.0 cm³/mol. The zero-order valence-electron chi connectivity index (χ0n) is 13.1. The van der Waals surface area contributed by atoms with Gasteiger partial charge >= 0.3 is 0 Å². The minimum Gasteiger partial charge on any atom is -0.343 e. The molecule has 1 aliphatic rings. The van der Waals surface area contributed by atoms with E-state index in [0.29, 0.717) is 24.6 Å². The lowest BCUT2D eigenvalue weighted by molar-refractivity contribution is 0.0783. The molecule has 24 heavy (non-hydrogen) atoms. The van der Waals surface area contributed by atoms with Crippen LogP contribution < -0.4 is 0 Å². The van der Waals surface area contributed by atoms with E-state index in [9.17, 15) is 4.79 Å². The maximum atomic E-state index is 12.8. The van der Waals surface area contributed by atoms with Gasteiger partial charge in [-0.1, -0.05) is 35.5 Å². The summed E-state index contributed by atoms with van der Waals surface area (Å²) >= 11 is 1.49. The lowest BCUT2D eigenvalue weighted by Gasteiger charge is -2.15. The largest absolute Gasteiger partial charge is 0.343 e. The van der Waals surface area contributed by atoms with Gasteiger partial charge in [-0.15, -0.1) is 11.3 Å². The molecule has 2 atom stereocenters. The van der Waals surface area contributed by atoms with Crippen LogP contribution in [0.15, 0.2) is 46.6 Å². The monoisotopic (exact) mass is 340 g/mol. The third-order valence-corrected chi connectivity index (χ3v) is 5.16. The number of hydrogen-bond acceptors (Lipinski definition) is 6. The lowest BCUT2D eigenvalue weighted by Crippen LogP contribution is -2.29. The van der Waals surface area contributed by atoms with E-state index in [0.717, 1.165) is 5.01 Å². The van der Waals surface area contributed by atoms with Crippen molar-refractivity contribution in [2.75, 3.05) is 13.1 Å². The molecule has 6 nitrogen and oxygen atoms in total. The Bertz CT molecular complexity index is 831. The van der Waals surface area contributed by atoms with Crippen LogP contribution in [0.2, 0.25) is 0 Å². The van der Waals surface area contributed by atoms with E-state index in [1.165, 1.54) is 23.3 Å². The maximum absolute atomic E-state index is 12.8. The molecular formula is C17H16N4O2S.